The number of carbonyl (C=O) groups excluding carboxylic acids is 2. The average Bonchev–Trinajstić information content (AvgIpc) is 3.33. The van der Waals surface area contributed by atoms with Crippen LogP contribution in [0, 0.1) is 13.8 Å². The van der Waals surface area contributed by atoms with Crippen LogP contribution in [0.4, 0.5) is 11.4 Å². The molecule has 0 radical (unpaired) electrons. The number of benzene rings is 2. The molecule has 2 amide bonds. The van der Waals surface area contributed by atoms with Crippen molar-refractivity contribution in [3.8, 4) is 5.75 Å². The second-order valence-electron chi connectivity index (χ2n) is 6.97. The van der Waals surface area contributed by atoms with Gasteiger partial charge in [-0.05, 0) is 73.7 Å². The second kappa shape index (κ2) is 8.16. The van der Waals surface area contributed by atoms with Crippen molar-refractivity contribution in [1.29, 1.82) is 0 Å². The van der Waals surface area contributed by atoms with E-state index in [0.717, 1.165) is 21.7 Å². The molecule has 2 heterocycles. The van der Waals surface area contributed by atoms with E-state index >= 15 is 0 Å². The van der Waals surface area contributed by atoms with Crippen molar-refractivity contribution in [2.45, 2.75) is 20.8 Å². The zero-order chi connectivity index (χ0) is 21.3. The summed E-state index contributed by atoms with van der Waals surface area (Å²) in [6.45, 7) is 6.47. The maximum atomic E-state index is 13.4. The Bertz CT molecular complexity index is 1130. The predicted molar refractivity (Wildman–Crippen MR) is 121 cm³/mol. The van der Waals surface area contributed by atoms with Crippen LogP contribution in [0.1, 0.15) is 22.9 Å². The number of amides is 2. The Morgan fingerprint density at radius 2 is 1.73 bits per heavy atom. The molecule has 5 nitrogen and oxygen atoms in total. The van der Waals surface area contributed by atoms with Gasteiger partial charge in [0.15, 0.2) is 0 Å². The monoisotopic (exact) mass is 418 g/mol. The Balaban J connectivity index is 1.76. The highest BCUT2D eigenvalue weighted by atomic mass is 32.1. The van der Waals surface area contributed by atoms with Gasteiger partial charge in [0.05, 0.1) is 17.9 Å². The summed E-state index contributed by atoms with van der Waals surface area (Å²) in [7, 11) is 0. The zero-order valence-electron chi connectivity index (χ0n) is 17.1. The van der Waals surface area contributed by atoms with Gasteiger partial charge in [0.2, 0.25) is 0 Å². The van der Waals surface area contributed by atoms with Crippen LogP contribution in [-0.2, 0) is 9.59 Å². The number of thiophene rings is 1. The molecule has 30 heavy (non-hydrogen) atoms. The van der Waals surface area contributed by atoms with Gasteiger partial charge < -0.3 is 10.1 Å². The number of hydrogen-bond donors (Lipinski definition) is 1. The number of anilines is 2. The third-order valence-electron chi connectivity index (χ3n) is 5.12. The summed E-state index contributed by atoms with van der Waals surface area (Å²) in [5.74, 6) is -0.00611. The molecule has 0 unspecified atom stereocenters. The minimum atomic E-state index is -0.367. The van der Waals surface area contributed by atoms with Gasteiger partial charge >= 0.3 is 0 Å². The highest BCUT2D eigenvalue weighted by molar-refractivity contribution is 7.11. The molecule has 0 saturated heterocycles. The van der Waals surface area contributed by atoms with Crippen LogP contribution in [0.2, 0.25) is 0 Å². The number of aryl methyl sites for hydroxylation is 1. The Morgan fingerprint density at radius 1 is 0.967 bits per heavy atom. The van der Waals surface area contributed by atoms with Crippen LogP contribution >= 0.6 is 11.3 Å². The topological polar surface area (TPSA) is 58.6 Å². The van der Waals surface area contributed by atoms with Crippen LogP contribution < -0.4 is 15.0 Å². The number of carbonyl (C=O) groups is 2. The molecule has 2 aromatic carbocycles. The highest BCUT2D eigenvalue weighted by Crippen LogP contribution is 2.36. The molecule has 1 aromatic heterocycles. The van der Waals surface area contributed by atoms with Gasteiger partial charge in [-0.1, -0.05) is 18.2 Å². The van der Waals surface area contributed by atoms with Crippen molar-refractivity contribution in [3.63, 3.8) is 0 Å². The van der Waals surface area contributed by atoms with E-state index in [9.17, 15) is 9.59 Å². The third kappa shape index (κ3) is 3.50. The smallest absolute Gasteiger partial charge is 0.282 e. The molecule has 0 saturated carbocycles. The van der Waals surface area contributed by atoms with Crippen LogP contribution in [0.15, 0.2) is 65.7 Å². The van der Waals surface area contributed by atoms with E-state index in [1.54, 1.807) is 24.3 Å². The van der Waals surface area contributed by atoms with Gasteiger partial charge in [-0.25, -0.2) is 4.90 Å². The molecule has 0 spiro atoms. The molecule has 6 heteroatoms. The number of ether oxygens (including phenoxy) is 1. The molecule has 4 rings (SSSR count). The van der Waals surface area contributed by atoms with E-state index in [1.165, 1.54) is 16.2 Å². The highest BCUT2D eigenvalue weighted by Gasteiger charge is 2.40. The van der Waals surface area contributed by atoms with E-state index in [1.807, 2.05) is 56.5 Å². The maximum Gasteiger partial charge on any atom is 0.282 e. The molecule has 152 valence electrons. The van der Waals surface area contributed by atoms with E-state index in [0.29, 0.717) is 29.3 Å². The van der Waals surface area contributed by atoms with Crippen LogP contribution in [0.5, 0.6) is 5.75 Å². The lowest BCUT2D eigenvalue weighted by molar-refractivity contribution is -0.120. The van der Waals surface area contributed by atoms with E-state index in [2.05, 4.69) is 5.32 Å². The van der Waals surface area contributed by atoms with Gasteiger partial charge in [0.25, 0.3) is 11.8 Å². The summed E-state index contributed by atoms with van der Waals surface area (Å²) in [6, 6.07) is 16.6. The second-order valence-corrected chi connectivity index (χ2v) is 7.92. The summed E-state index contributed by atoms with van der Waals surface area (Å²) in [5.41, 5.74) is 4.16. The molecule has 1 aliphatic heterocycles. The molecular weight excluding hydrogens is 396 g/mol. The predicted octanol–water partition coefficient (Wildman–Crippen LogP) is 5.16. The molecule has 0 atom stereocenters. The minimum absolute atomic E-state index is 0.296. The van der Waals surface area contributed by atoms with E-state index in [-0.39, 0.29) is 11.8 Å². The Morgan fingerprint density at radius 3 is 2.40 bits per heavy atom. The number of nitrogens with zero attached hydrogens (tertiary/aromatic N) is 1. The molecule has 0 bridgehead atoms. The summed E-state index contributed by atoms with van der Waals surface area (Å²) < 4.78 is 5.47. The molecule has 0 fully saturated rings. The first-order valence-corrected chi connectivity index (χ1v) is 10.6. The summed E-state index contributed by atoms with van der Waals surface area (Å²) in [5, 5.41) is 5.15. The first-order valence-electron chi connectivity index (χ1n) is 9.74. The molecule has 3 aromatic rings. The van der Waals surface area contributed by atoms with Crippen molar-refractivity contribution in [2.24, 2.45) is 0 Å². The van der Waals surface area contributed by atoms with E-state index in [4.69, 9.17) is 4.74 Å². The van der Waals surface area contributed by atoms with Gasteiger partial charge in [-0.15, -0.1) is 11.3 Å². The Hall–Kier alpha value is -3.38. The lowest BCUT2D eigenvalue weighted by Gasteiger charge is -2.16. The van der Waals surface area contributed by atoms with Crippen LogP contribution in [0.3, 0.4) is 0 Å². The number of imide groups is 1. The fourth-order valence-corrected chi connectivity index (χ4v) is 4.18. The van der Waals surface area contributed by atoms with Gasteiger partial charge in [0.1, 0.15) is 11.4 Å². The fourth-order valence-electron chi connectivity index (χ4n) is 3.41. The minimum Gasteiger partial charge on any atom is -0.494 e. The van der Waals surface area contributed by atoms with Gasteiger partial charge in [-0.2, -0.15) is 0 Å². The SMILES string of the molecule is CCOc1ccc(N2C(=O)C(Nc3cccc(C)c3C)=C(c3cccs3)C2=O)cc1. The number of nitrogens with one attached hydrogen (secondary N) is 1. The molecule has 1 aliphatic rings. The zero-order valence-corrected chi connectivity index (χ0v) is 17.9. The Kier molecular flexibility index (Phi) is 5.42. The standard InChI is InChI=1S/C24H22N2O3S/c1-4-29-18-12-10-17(11-13-18)26-23(27)21(20-9-6-14-30-20)22(24(26)28)25-19-8-5-7-15(2)16(19)3/h5-14,25H,4H2,1-3H3. The lowest BCUT2D eigenvalue weighted by Crippen LogP contribution is -2.32. The Labute approximate surface area is 179 Å². The quantitative estimate of drug-likeness (QED) is 0.562. The summed E-state index contributed by atoms with van der Waals surface area (Å²) in [6.07, 6.45) is 0. The fraction of sp³-hybridized carbons (Fsp3) is 0.167. The largest absolute Gasteiger partial charge is 0.494 e. The molecular formula is C24H22N2O3S. The molecule has 0 aliphatic carbocycles. The van der Waals surface area contributed by atoms with Gasteiger partial charge in [-0.3, -0.25) is 9.59 Å². The van der Waals surface area contributed by atoms with Crippen molar-refractivity contribution < 1.29 is 14.3 Å². The van der Waals surface area contributed by atoms with Crippen molar-refractivity contribution in [3.05, 3.63) is 81.7 Å². The summed E-state index contributed by atoms with van der Waals surface area (Å²) in [4.78, 5) is 28.7. The van der Waals surface area contributed by atoms with Gasteiger partial charge in [0, 0.05) is 10.6 Å². The van der Waals surface area contributed by atoms with Crippen molar-refractivity contribution in [2.75, 3.05) is 16.8 Å². The third-order valence-corrected chi connectivity index (χ3v) is 6.01. The van der Waals surface area contributed by atoms with E-state index < -0.39 is 0 Å². The van der Waals surface area contributed by atoms with Crippen molar-refractivity contribution in [1.82, 2.24) is 0 Å². The first kappa shape index (κ1) is 19.9. The van der Waals surface area contributed by atoms with Crippen LogP contribution in [-0.4, -0.2) is 18.4 Å². The number of rotatable bonds is 6. The first-order chi connectivity index (χ1) is 14.5. The number of hydrogen-bond acceptors (Lipinski definition) is 5. The average molecular weight is 419 g/mol. The summed E-state index contributed by atoms with van der Waals surface area (Å²) >= 11 is 1.44. The molecule has 1 N–H and O–H groups in total. The van der Waals surface area contributed by atoms with Crippen molar-refractivity contribution >= 4 is 40.1 Å². The van der Waals surface area contributed by atoms with Crippen LogP contribution in [0.25, 0.3) is 5.57 Å². The lowest BCUT2D eigenvalue weighted by atomic mass is 10.1. The normalized spacial score (nSPS) is 13.9. The maximum absolute atomic E-state index is 13.4.